The molecule has 0 unspecified atom stereocenters. The summed E-state index contributed by atoms with van der Waals surface area (Å²) in [7, 11) is 1.48. The van der Waals surface area contributed by atoms with E-state index in [0.29, 0.717) is 17.1 Å². The maximum atomic E-state index is 10.7. The summed E-state index contributed by atoms with van der Waals surface area (Å²) >= 11 is 0. The van der Waals surface area contributed by atoms with E-state index in [1.807, 2.05) is 0 Å². The van der Waals surface area contributed by atoms with Crippen molar-refractivity contribution in [2.75, 3.05) is 19.5 Å². The number of rotatable bonds is 5. The molecule has 1 aliphatic rings. The molecular formula is C19H19N3O4. The van der Waals surface area contributed by atoms with Crippen molar-refractivity contribution in [2.45, 2.75) is 25.7 Å². The molecule has 1 aromatic carbocycles. The lowest BCUT2D eigenvalue weighted by atomic mass is 9.86. The lowest BCUT2D eigenvalue weighted by molar-refractivity contribution is -0.139. The van der Waals surface area contributed by atoms with Crippen LogP contribution in [0.3, 0.4) is 0 Å². The summed E-state index contributed by atoms with van der Waals surface area (Å²) in [6, 6.07) is 7.33. The van der Waals surface area contributed by atoms with Crippen LogP contribution in [0, 0.1) is 11.3 Å². The molecule has 0 fully saturated rings. The average molecular weight is 353 g/mol. The van der Waals surface area contributed by atoms with Gasteiger partial charge in [-0.2, -0.15) is 5.26 Å². The van der Waals surface area contributed by atoms with Gasteiger partial charge in [0.25, 0.3) is 0 Å². The Kier molecular flexibility index (Phi) is 4.94. The van der Waals surface area contributed by atoms with Crippen LogP contribution in [-0.2, 0) is 17.6 Å². The number of anilines is 1. The van der Waals surface area contributed by atoms with Crippen LogP contribution < -0.4 is 15.2 Å². The van der Waals surface area contributed by atoms with Crippen molar-refractivity contribution >= 4 is 11.8 Å². The number of nitriles is 1. The molecule has 1 aromatic heterocycles. The van der Waals surface area contributed by atoms with Crippen LogP contribution in [0.1, 0.15) is 29.7 Å². The normalized spacial score (nSPS) is 12.8. The number of fused-ring (bicyclic) bond motifs is 1. The summed E-state index contributed by atoms with van der Waals surface area (Å²) in [5.41, 5.74) is 9.90. The lowest BCUT2D eigenvalue weighted by Crippen LogP contribution is -2.12. The van der Waals surface area contributed by atoms with Gasteiger partial charge in [-0.3, -0.25) is 0 Å². The van der Waals surface area contributed by atoms with Crippen LogP contribution in [0.25, 0.3) is 11.1 Å². The molecule has 0 amide bonds. The number of nitrogen functional groups attached to an aromatic ring is 1. The number of aliphatic carboxylic acids is 1. The highest BCUT2D eigenvalue weighted by Crippen LogP contribution is 2.39. The molecule has 0 atom stereocenters. The largest absolute Gasteiger partial charge is 0.493 e. The molecule has 0 bridgehead atoms. The van der Waals surface area contributed by atoms with Gasteiger partial charge in [0.1, 0.15) is 17.5 Å². The van der Waals surface area contributed by atoms with Crippen molar-refractivity contribution in [3.63, 3.8) is 0 Å². The number of ether oxygens (including phenoxy) is 2. The van der Waals surface area contributed by atoms with Crippen LogP contribution in [-0.4, -0.2) is 29.8 Å². The maximum absolute atomic E-state index is 10.7. The second-order valence-electron chi connectivity index (χ2n) is 6.04. The highest BCUT2D eigenvalue weighted by Gasteiger charge is 2.23. The minimum absolute atomic E-state index is 0.230. The molecule has 3 N–H and O–H groups in total. The number of pyridine rings is 1. The Morgan fingerprint density at radius 1 is 1.35 bits per heavy atom. The second-order valence-corrected chi connectivity index (χ2v) is 6.04. The molecule has 0 spiro atoms. The van der Waals surface area contributed by atoms with Crippen LogP contribution in [0.5, 0.6) is 11.5 Å². The van der Waals surface area contributed by atoms with E-state index in [-0.39, 0.29) is 5.82 Å². The molecular weight excluding hydrogens is 334 g/mol. The van der Waals surface area contributed by atoms with E-state index < -0.39 is 12.6 Å². The Labute approximate surface area is 151 Å². The summed E-state index contributed by atoms with van der Waals surface area (Å²) in [6.45, 7) is -0.462. The van der Waals surface area contributed by atoms with Crippen LogP contribution in [0.15, 0.2) is 18.2 Å². The van der Waals surface area contributed by atoms with E-state index in [2.05, 4.69) is 11.1 Å². The van der Waals surface area contributed by atoms with Gasteiger partial charge < -0.3 is 20.3 Å². The molecule has 0 saturated carbocycles. The van der Waals surface area contributed by atoms with E-state index in [4.69, 9.17) is 20.3 Å². The Bertz CT molecular complexity index is 903. The third kappa shape index (κ3) is 3.26. The average Bonchev–Trinajstić information content (AvgIpc) is 2.65. The fourth-order valence-electron chi connectivity index (χ4n) is 3.28. The first kappa shape index (κ1) is 17.5. The number of carbonyl (C=O) groups is 1. The highest BCUT2D eigenvalue weighted by molar-refractivity contribution is 5.80. The highest BCUT2D eigenvalue weighted by atomic mass is 16.5. The van der Waals surface area contributed by atoms with Gasteiger partial charge in [-0.15, -0.1) is 0 Å². The summed E-state index contributed by atoms with van der Waals surface area (Å²) in [6.07, 6.45) is 3.77. The monoisotopic (exact) mass is 353 g/mol. The molecule has 1 heterocycles. The maximum Gasteiger partial charge on any atom is 0.341 e. The van der Waals surface area contributed by atoms with Gasteiger partial charge in [0.05, 0.1) is 7.11 Å². The van der Waals surface area contributed by atoms with Crippen molar-refractivity contribution in [3.8, 4) is 28.7 Å². The number of benzene rings is 1. The Morgan fingerprint density at radius 2 is 2.12 bits per heavy atom. The lowest BCUT2D eigenvalue weighted by Gasteiger charge is -2.21. The predicted molar refractivity (Wildman–Crippen MR) is 95.1 cm³/mol. The van der Waals surface area contributed by atoms with Gasteiger partial charge in [-0.25, -0.2) is 9.78 Å². The summed E-state index contributed by atoms with van der Waals surface area (Å²) in [5.74, 6) is -0.118. The molecule has 1 aliphatic carbocycles. The summed E-state index contributed by atoms with van der Waals surface area (Å²) in [5, 5.41) is 18.4. The topological polar surface area (TPSA) is 118 Å². The fourth-order valence-corrected chi connectivity index (χ4v) is 3.28. The fraction of sp³-hybridized carbons (Fsp3) is 0.316. The Hall–Kier alpha value is -3.27. The van der Waals surface area contributed by atoms with E-state index in [1.54, 1.807) is 18.2 Å². The molecule has 7 nitrogen and oxygen atoms in total. The van der Waals surface area contributed by atoms with E-state index in [1.165, 1.54) is 7.11 Å². The number of nitrogens with zero attached hydrogens (tertiary/aromatic N) is 2. The third-order valence-corrected chi connectivity index (χ3v) is 4.42. The van der Waals surface area contributed by atoms with Crippen molar-refractivity contribution in [2.24, 2.45) is 0 Å². The molecule has 134 valence electrons. The quantitative estimate of drug-likeness (QED) is 0.848. The van der Waals surface area contributed by atoms with Crippen molar-refractivity contribution in [1.82, 2.24) is 4.98 Å². The summed E-state index contributed by atoms with van der Waals surface area (Å²) in [4.78, 5) is 15.1. The number of nitrogens with two attached hydrogens (primary N) is 1. The SMILES string of the molecule is COc1cc(-c2c(C#N)c(N)nc3c2CCCC3)ccc1OCC(=O)O. The molecule has 3 rings (SSSR count). The first-order valence-corrected chi connectivity index (χ1v) is 8.29. The predicted octanol–water partition coefficient (Wildman–Crippen LogP) is 2.55. The second kappa shape index (κ2) is 7.31. The van der Waals surface area contributed by atoms with E-state index in [0.717, 1.165) is 48.1 Å². The number of methoxy groups -OCH3 is 1. The van der Waals surface area contributed by atoms with Crippen molar-refractivity contribution < 1.29 is 19.4 Å². The third-order valence-electron chi connectivity index (χ3n) is 4.42. The number of carboxylic acids is 1. The van der Waals surface area contributed by atoms with Gasteiger partial charge in [0.15, 0.2) is 18.1 Å². The van der Waals surface area contributed by atoms with Crippen LogP contribution >= 0.6 is 0 Å². The Balaban J connectivity index is 2.13. The van der Waals surface area contributed by atoms with Crippen LogP contribution in [0.2, 0.25) is 0 Å². The number of hydrogen-bond acceptors (Lipinski definition) is 6. The first-order valence-electron chi connectivity index (χ1n) is 8.29. The zero-order valence-electron chi connectivity index (χ0n) is 14.4. The molecule has 26 heavy (non-hydrogen) atoms. The zero-order valence-corrected chi connectivity index (χ0v) is 14.4. The Morgan fingerprint density at radius 3 is 2.81 bits per heavy atom. The van der Waals surface area contributed by atoms with E-state index in [9.17, 15) is 10.1 Å². The number of aryl methyl sites for hydroxylation is 1. The van der Waals surface area contributed by atoms with Crippen molar-refractivity contribution in [1.29, 1.82) is 5.26 Å². The molecule has 7 heteroatoms. The van der Waals surface area contributed by atoms with Crippen molar-refractivity contribution in [3.05, 3.63) is 35.0 Å². The minimum atomic E-state index is -1.07. The smallest absolute Gasteiger partial charge is 0.341 e. The number of aromatic nitrogens is 1. The van der Waals surface area contributed by atoms with Gasteiger partial charge in [0, 0.05) is 11.3 Å². The van der Waals surface area contributed by atoms with Gasteiger partial charge in [0.2, 0.25) is 0 Å². The molecule has 2 aromatic rings. The van der Waals surface area contributed by atoms with Gasteiger partial charge in [-0.05, 0) is 48.9 Å². The zero-order chi connectivity index (χ0) is 18.7. The first-order chi connectivity index (χ1) is 12.5. The number of carboxylic acid groups (broad SMARTS) is 1. The van der Waals surface area contributed by atoms with E-state index >= 15 is 0 Å². The molecule has 0 radical (unpaired) electrons. The van der Waals surface area contributed by atoms with Gasteiger partial charge >= 0.3 is 5.97 Å². The van der Waals surface area contributed by atoms with Gasteiger partial charge in [-0.1, -0.05) is 6.07 Å². The molecule has 0 saturated heterocycles. The molecule has 0 aliphatic heterocycles. The van der Waals surface area contributed by atoms with Crippen LogP contribution in [0.4, 0.5) is 5.82 Å². The summed E-state index contributed by atoms with van der Waals surface area (Å²) < 4.78 is 10.6. The standard InChI is InChI=1S/C19H19N3O4/c1-25-16-8-11(6-7-15(16)26-10-17(23)24)18-12-4-2-3-5-14(12)22-19(21)13(18)9-20/h6-8H,2-5,10H2,1H3,(H2,21,22)(H,23,24). The minimum Gasteiger partial charge on any atom is -0.493 e. The number of hydrogen-bond donors (Lipinski definition) is 2.